The summed E-state index contributed by atoms with van der Waals surface area (Å²) in [6.07, 6.45) is 4.74. The molecule has 1 nitrogen and oxygen atoms in total. The highest BCUT2D eigenvalue weighted by Crippen LogP contribution is 2.24. The zero-order valence-electron chi connectivity index (χ0n) is 9.72. The molecule has 1 aromatic rings. The maximum Gasteiger partial charge on any atom is 0.183 e. The molecule has 1 aliphatic rings. The van der Waals surface area contributed by atoms with Gasteiger partial charge in [0.05, 0.1) is 8.07 Å². The highest BCUT2D eigenvalue weighted by molar-refractivity contribution is 6.91. The number of rotatable bonds is 1. The molecular weight excluding hydrogens is 186 g/mol. The van der Waals surface area contributed by atoms with E-state index in [2.05, 4.69) is 43.9 Å². The van der Waals surface area contributed by atoms with Crippen LogP contribution in [0.15, 0.2) is 12.3 Å². The summed E-state index contributed by atoms with van der Waals surface area (Å²) in [7, 11) is 1.13. The third-order valence-corrected chi connectivity index (χ3v) is 7.05. The van der Waals surface area contributed by atoms with E-state index in [9.17, 15) is 0 Å². The second-order valence-corrected chi connectivity index (χ2v) is 9.81. The molecule has 0 amide bonds. The summed E-state index contributed by atoms with van der Waals surface area (Å²) in [5, 5.41) is 1.72. The van der Waals surface area contributed by atoms with Gasteiger partial charge in [-0.15, -0.1) is 0 Å². The fourth-order valence-corrected chi connectivity index (χ4v) is 5.45. The Morgan fingerprint density at radius 1 is 1.43 bits per heavy atom. The second kappa shape index (κ2) is 3.19. The van der Waals surface area contributed by atoms with E-state index in [0.717, 1.165) is 0 Å². The second-order valence-electron chi connectivity index (χ2n) is 5.00. The summed E-state index contributed by atoms with van der Waals surface area (Å²) in [5.41, 5.74) is 3.23. The minimum absolute atomic E-state index is 1.04. The molecular formula is C12H20NSi+. The Morgan fingerprint density at radius 3 is 2.79 bits per heavy atom. The average molecular weight is 206 g/mol. The Balaban J connectivity index is 2.62. The predicted octanol–water partition coefficient (Wildman–Crippen LogP) is 1.54. The molecule has 0 unspecified atom stereocenters. The summed E-state index contributed by atoms with van der Waals surface area (Å²) in [6.45, 7) is 7.26. The van der Waals surface area contributed by atoms with E-state index in [-0.39, 0.29) is 0 Å². The van der Waals surface area contributed by atoms with Crippen molar-refractivity contribution >= 4 is 13.3 Å². The van der Waals surface area contributed by atoms with Gasteiger partial charge in [0.2, 0.25) is 0 Å². The van der Waals surface area contributed by atoms with Crippen LogP contribution in [0, 0.1) is 0 Å². The normalized spacial score (nSPS) is 18.3. The summed E-state index contributed by atoms with van der Waals surface area (Å²) in [5.74, 6) is 0. The first-order chi connectivity index (χ1) is 6.56. The molecule has 0 aliphatic carbocycles. The highest BCUT2D eigenvalue weighted by atomic mass is 28.3. The van der Waals surface area contributed by atoms with Gasteiger partial charge in [-0.1, -0.05) is 20.0 Å². The van der Waals surface area contributed by atoms with Crippen molar-refractivity contribution < 1.29 is 4.57 Å². The van der Waals surface area contributed by atoms with E-state index in [1.54, 1.807) is 16.4 Å². The maximum absolute atomic E-state index is 2.50. The summed E-state index contributed by atoms with van der Waals surface area (Å²) in [4.78, 5) is 0. The van der Waals surface area contributed by atoms with Crippen LogP contribution in [0.25, 0.3) is 0 Å². The van der Waals surface area contributed by atoms with Crippen LogP contribution < -0.4 is 9.75 Å². The van der Waals surface area contributed by atoms with Crippen molar-refractivity contribution in [3.8, 4) is 0 Å². The quantitative estimate of drug-likeness (QED) is 0.485. The Labute approximate surface area is 87.8 Å². The van der Waals surface area contributed by atoms with Gasteiger partial charge < -0.3 is 0 Å². The zero-order chi connectivity index (χ0) is 10.3. The molecule has 0 spiro atoms. The first-order valence-electron chi connectivity index (χ1n) is 5.57. The fraction of sp³-hybridized carbons (Fsp3) is 0.583. The smallest absolute Gasteiger partial charge is 0.183 e. The molecule has 1 aliphatic heterocycles. The van der Waals surface area contributed by atoms with Crippen LogP contribution in [0.2, 0.25) is 19.1 Å². The van der Waals surface area contributed by atoms with E-state index in [4.69, 9.17) is 0 Å². The number of hydrogen-bond acceptors (Lipinski definition) is 0. The lowest BCUT2D eigenvalue weighted by molar-refractivity contribution is -0.679. The number of nitrogens with zero attached hydrogens (tertiary/aromatic N) is 1. The highest BCUT2D eigenvalue weighted by Gasteiger charge is 2.35. The summed E-state index contributed by atoms with van der Waals surface area (Å²) < 4.78 is 2.30. The lowest BCUT2D eigenvalue weighted by Gasteiger charge is -2.15. The van der Waals surface area contributed by atoms with Crippen LogP contribution in [0.5, 0.6) is 0 Å². The average Bonchev–Trinajstić information content (AvgIpc) is 2.42. The summed E-state index contributed by atoms with van der Waals surface area (Å²) >= 11 is 0. The van der Waals surface area contributed by atoms with Crippen LogP contribution in [-0.4, -0.2) is 8.07 Å². The van der Waals surface area contributed by atoms with Crippen molar-refractivity contribution in [3.05, 3.63) is 23.5 Å². The molecule has 2 heteroatoms. The molecule has 1 aromatic heterocycles. The van der Waals surface area contributed by atoms with Crippen LogP contribution in [0.4, 0.5) is 0 Å². The molecule has 0 aromatic carbocycles. The van der Waals surface area contributed by atoms with Crippen LogP contribution >= 0.6 is 0 Å². The third kappa shape index (κ3) is 1.32. The van der Waals surface area contributed by atoms with Crippen LogP contribution in [0.3, 0.4) is 0 Å². The van der Waals surface area contributed by atoms with Crippen molar-refractivity contribution in [2.24, 2.45) is 7.05 Å². The number of aromatic nitrogens is 1. The van der Waals surface area contributed by atoms with E-state index in [1.165, 1.54) is 18.9 Å². The van der Waals surface area contributed by atoms with E-state index in [1.807, 2.05) is 0 Å². The minimum atomic E-state index is -1.04. The van der Waals surface area contributed by atoms with E-state index < -0.39 is 8.07 Å². The predicted molar refractivity (Wildman–Crippen MR) is 62.6 cm³/mol. The molecule has 0 N–H and O–H groups in total. The van der Waals surface area contributed by atoms with Crippen LogP contribution in [-0.2, 0) is 19.9 Å². The Bertz CT molecular complexity index is 369. The van der Waals surface area contributed by atoms with Gasteiger partial charge in [-0.25, -0.2) is 4.57 Å². The monoisotopic (exact) mass is 206 g/mol. The maximum atomic E-state index is 2.50. The van der Waals surface area contributed by atoms with Gasteiger partial charge in [-0.2, -0.15) is 0 Å². The molecule has 0 saturated carbocycles. The molecule has 76 valence electrons. The van der Waals surface area contributed by atoms with Gasteiger partial charge in [-0.05, 0) is 17.7 Å². The molecule has 2 heterocycles. The van der Waals surface area contributed by atoms with E-state index >= 15 is 0 Å². The van der Waals surface area contributed by atoms with Crippen molar-refractivity contribution in [3.63, 3.8) is 0 Å². The Hall–Kier alpha value is -0.633. The molecule has 0 radical (unpaired) electrons. The molecule has 0 atom stereocenters. The topological polar surface area (TPSA) is 3.88 Å². The lowest BCUT2D eigenvalue weighted by Crippen LogP contribution is -2.43. The SMILES string of the molecule is CCc1c2c(cc[n+]1C)[Si](C)(C)CC2. The first-order valence-corrected chi connectivity index (χ1v) is 8.78. The lowest BCUT2D eigenvalue weighted by atomic mass is 10.1. The molecule has 14 heavy (non-hydrogen) atoms. The Morgan fingerprint density at radius 2 is 2.14 bits per heavy atom. The molecule has 2 rings (SSSR count). The largest absolute Gasteiger partial charge is 0.205 e. The number of aryl methyl sites for hydroxylation is 1. The van der Waals surface area contributed by atoms with Crippen molar-refractivity contribution in [1.29, 1.82) is 0 Å². The standard InChI is InChI=1S/C12H20NSi/c1-5-11-10-7-9-14(3,4)12(10)6-8-13(11)2/h6,8H,5,7,9H2,1-4H3/q+1. The van der Waals surface area contributed by atoms with Gasteiger partial charge in [-0.3, -0.25) is 0 Å². The first kappa shape index (κ1) is 9.90. The van der Waals surface area contributed by atoms with Crippen molar-refractivity contribution in [2.45, 2.75) is 38.9 Å². The summed E-state index contributed by atoms with van der Waals surface area (Å²) in [6, 6.07) is 3.81. The third-order valence-electron chi connectivity index (χ3n) is 3.63. The molecule has 0 saturated heterocycles. The van der Waals surface area contributed by atoms with Gasteiger partial charge >= 0.3 is 0 Å². The van der Waals surface area contributed by atoms with Crippen molar-refractivity contribution in [1.82, 2.24) is 0 Å². The Kier molecular flexibility index (Phi) is 2.26. The van der Waals surface area contributed by atoms with E-state index in [0.29, 0.717) is 0 Å². The van der Waals surface area contributed by atoms with Crippen LogP contribution in [0.1, 0.15) is 18.2 Å². The van der Waals surface area contributed by atoms with Gasteiger partial charge in [0, 0.05) is 18.1 Å². The van der Waals surface area contributed by atoms with Crippen molar-refractivity contribution in [2.75, 3.05) is 0 Å². The van der Waals surface area contributed by atoms with Gasteiger partial charge in [0.1, 0.15) is 7.05 Å². The number of fused-ring (bicyclic) bond motifs is 1. The van der Waals surface area contributed by atoms with Gasteiger partial charge in [0.25, 0.3) is 0 Å². The minimum Gasteiger partial charge on any atom is -0.205 e. The fourth-order valence-electron chi connectivity index (χ4n) is 2.69. The molecule has 0 fully saturated rings. The molecule has 0 bridgehead atoms. The number of hydrogen-bond donors (Lipinski definition) is 0. The zero-order valence-corrected chi connectivity index (χ0v) is 10.7. The number of pyridine rings is 1. The van der Waals surface area contributed by atoms with Gasteiger partial charge in [0.15, 0.2) is 11.9 Å².